The van der Waals surface area contributed by atoms with Crippen LogP contribution in [0, 0.1) is 5.92 Å². The largest absolute Gasteiger partial charge is 0.493 e. The smallest absolute Gasteiger partial charge is 0.250 e. The molecule has 6 nitrogen and oxygen atoms in total. The second-order valence-electron chi connectivity index (χ2n) is 7.69. The molecule has 1 fully saturated rings. The van der Waals surface area contributed by atoms with Gasteiger partial charge in [-0.25, -0.2) is 21.9 Å². The van der Waals surface area contributed by atoms with Crippen molar-refractivity contribution in [3.8, 4) is 16.9 Å². The lowest BCUT2D eigenvalue weighted by Crippen LogP contribution is -2.48. The zero-order valence-electron chi connectivity index (χ0n) is 17.0. The van der Waals surface area contributed by atoms with Gasteiger partial charge in [0.15, 0.2) is 0 Å². The number of halogens is 2. The maximum absolute atomic E-state index is 13.9. The first-order valence-corrected chi connectivity index (χ1v) is 11.5. The van der Waals surface area contributed by atoms with E-state index in [0.29, 0.717) is 5.75 Å². The molecular weight excluding hydrogens is 414 g/mol. The lowest BCUT2D eigenvalue weighted by molar-refractivity contribution is -0.0660. The number of alkyl halides is 2. The molecule has 1 aliphatic rings. The Labute approximate surface area is 174 Å². The molecule has 30 heavy (non-hydrogen) atoms. The van der Waals surface area contributed by atoms with Crippen molar-refractivity contribution in [3.05, 3.63) is 52.9 Å². The van der Waals surface area contributed by atoms with Crippen molar-refractivity contribution in [1.82, 2.24) is 9.29 Å². The Hall–Kier alpha value is -2.26. The maximum Gasteiger partial charge on any atom is 0.250 e. The molecule has 0 unspecified atom stereocenters. The molecule has 2 aromatic rings. The highest BCUT2D eigenvalue weighted by Crippen LogP contribution is 2.37. The van der Waals surface area contributed by atoms with Gasteiger partial charge < -0.3 is 9.30 Å². The Balaban J connectivity index is 1.68. The summed E-state index contributed by atoms with van der Waals surface area (Å²) < 4.78 is 61.4. The Morgan fingerprint density at radius 1 is 1.20 bits per heavy atom. The zero-order chi connectivity index (χ0) is 21.9. The van der Waals surface area contributed by atoms with Crippen LogP contribution in [0.4, 0.5) is 8.78 Å². The standard InChI is InChI=1S/C21H26F2N2O4S/c1-3-30(27,28)24-19-8-10-21(22,23)13-17(19)14-29-18-6-4-15(5-7-18)16-9-11-25(2)20(26)12-16/h4-7,9,11-12,17,19,24H,3,8,10,13-14H2,1-2H3/t17-,19+/m1/s1. The predicted molar refractivity (Wildman–Crippen MR) is 111 cm³/mol. The topological polar surface area (TPSA) is 77.4 Å². The summed E-state index contributed by atoms with van der Waals surface area (Å²) in [6, 6.07) is 9.77. The molecule has 1 N–H and O–H groups in total. The van der Waals surface area contributed by atoms with Crippen molar-refractivity contribution in [2.45, 2.75) is 38.2 Å². The van der Waals surface area contributed by atoms with E-state index in [2.05, 4.69) is 4.72 Å². The van der Waals surface area contributed by atoms with Gasteiger partial charge in [-0.3, -0.25) is 4.79 Å². The van der Waals surface area contributed by atoms with Gasteiger partial charge in [0.2, 0.25) is 15.9 Å². The van der Waals surface area contributed by atoms with E-state index in [1.54, 1.807) is 37.5 Å². The fourth-order valence-corrected chi connectivity index (χ4v) is 4.49. The SMILES string of the molecule is CCS(=O)(=O)N[C@H]1CCC(F)(F)C[C@@H]1COc1ccc(-c2ccn(C)c(=O)c2)cc1. The molecule has 3 rings (SSSR count). The second kappa shape index (κ2) is 8.85. The average molecular weight is 441 g/mol. The number of nitrogens with one attached hydrogen (secondary N) is 1. The molecule has 0 aliphatic heterocycles. The summed E-state index contributed by atoms with van der Waals surface area (Å²) in [6.45, 7) is 1.49. The minimum atomic E-state index is -3.49. The number of nitrogens with zero attached hydrogens (tertiary/aromatic N) is 1. The minimum absolute atomic E-state index is 0.0162. The third kappa shape index (κ3) is 5.66. The molecule has 1 heterocycles. The molecule has 1 saturated carbocycles. The van der Waals surface area contributed by atoms with Gasteiger partial charge in [0.25, 0.3) is 5.56 Å². The number of benzene rings is 1. The molecule has 0 amide bonds. The predicted octanol–water partition coefficient (Wildman–Crippen LogP) is 3.17. The minimum Gasteiger partial charge on any atom is -0.493 e. The first kappa shape index (κ1) is 22.4. The number of rotatable bonds is 7. The summed E-state index contributed by atoms with van der Waals surface area (Å²) in [5.74, 6) is -3.07. The lowest BCUT2D eigenvalue weighted by atomic mass is 9.83. The number of hydrogen-bond acceptors (Lipinski definition) is 4. The summed E-state index contributed by atoms with van der Waals surface area (Å²) in [6.07, 6.45) is 0.992. The highest BCUT2D eigenvalue weighted by molar-refractivity contribution is 7.89. The van der Waals surface area contributed by atoms with E-state index < -0.39 is 34.3 Å². The first-order valence-electron chi connectivity index (χ1n) is 9.86. The lowest BCUT2D eigenvalue weighted by Gasteiger charge is -2.36. The van der Waals surface area contributed by atoms with E-state index in [-0.39, 0.29) is 30.8 Å². The fraction of sp³-hybridized carbons (Fsp3) is 0.476. The van der Waals surface area contributed by atoms with Crippen molar-refractivity contribution in [3.63, 3.8) is 0 Å². The third-order valence-electron chi connectivity index (χ3n) is 5.42. The van der Waals surface area contributed by atoms with E-state index in [4.69, 9.17) is 4.74 Å². The van der Waals surface area contributed by atoms with Crippen LogP contribution in [0.3, 0.4) is 0 Å². The molecule has 0 bridgehead atoms. The van der Waals surface area contributed by atoms with Crippen LogP contribution in [0.15, 0.2) is 47.4 Å². The van der Waals surface area contributed by atoms with Gasteiger partial charge in [-0.1, -0.05) is 12.1 Å². The molecule has 1 aliphatic carbocycles. The summed E-state index contributed by atoms with van der Waals surface area (Å²) in [5, 5.41) is 0. The number of hydrogen-bond donors (Lipinski definition) is 1. The monoisotopic (exact) mass is 440 g/mol. The van der Waals surface area contributed by atoms with Crippen LogP contribution in [0.5, 0.6) is 5.75 Å². The second-order valence-corrected chi connectivity index (χ2v) is 9.73. The molecular formula is C21H26F2N2O4S. The third-order valence-corrected chi connectivity index (χ3v) is 6.84. The number of sulfonamides is 1. The van der Waals surface area contributed by atoms with Crippen LogP contribution in [-0.2, 0) is 17.1 Å². The van der Waals surface area contributed by atoms with Crippen molar-refractivity contribution >= 4 is 10.0 Å². The van der Waals surface area contributed by atoms with Crippen molar-refractivity contribution in [2.75, 3.05) is 12.4 Å². The molecule has 0 saturated heterocycles. The molecule has 0 spiro atoms. The number of ether oxygens (including phenoxy) is 1. The van der Waals surface area contributed by atoms with Crippen molar-refractivity contribution in [1.29, 1.82) is 0 Å². The molecule has 2 atom stereocenters. The Morgan fingerprint density at radius 2 is 1.90 bits per heavy atom. The number of pyridine rings is 1. The summed E-state index contributed by atoms with van der Waals surface area (Å²) in [7, 11) is -1.82. The van der Waals surface area contributed by atoms with Crippen molar-refractivity contribution < 1.29 is 21.9 Å². The number of aryl methyl sites for hydroxylation is 1. The molecule has 1 aromatic carbocycles. The van der Waals surface area contributed by atoms with E-state index in [1.165, 1.54) is 17.6 Å². The fourth-order valence-electron chi connectivity index (χ4n) is 3.55. The van der Waals surface area contributed by atoms with Gasteiger partial charge in [0, 0.05) is 44.1 Å². The van der Waals surface area contributed by atoms with Crippen LogP contribution in [-0.4, -0.2) is 37.3 Å². The van der Waals surface area contributed by atoms with E-state index >= 15 is 0 Å². The van der Waals surface area contributed by atoms with Gasteiger partial charge >= 0.3 is 0 Å². The van der Waals surface area contributed by atoms with Gasteiger partial charge in [0.05, 0.1) is 12.4 Å². The Kier molecular flexibility index (Phi) is 6.62. The summed E-state index contributed by atoms with van der Waals surface area (Å²) >= 11 is 0. The summed E-state index contributed by atoms with van der Waals surface area (Å²) in [4.78, 5) is 11.8. The van der Waals surface area contributed by atoms with Crippen LogP contribution in [0.2, 0.25) is 0 Å². The highest BCUT2D eigenvalue weighted by Gasteiger charge is 2.42. The Morgan fingerprint density at radius 3 is 2.53 bits per heavy atom. The van der Waals surface area contributed by atoms with Crippen molar-refractivity contribution in [2.24, 2.45) is 13.0 Å². The van der Waals surface area contributed by atoms with Gasteiger partial charge in [-0.15, -0.1) is 0 Å². The van der Waals surface area contributed by atoms with Crippen LogP contribution < -0.4 is 15.0 Å². The van der Waals surface area contributed by atoms with Gasteiger partial charge in [-0.05, 0) is 42.7 Å². The van der Waals surface area contributed by atoms with E-state index in [9.17, 15) is 22.0 Å². The molecule has 1 aromatic heterocycles. The highest BCUT2D eigenvalue weighted by atomic mass is 32.2. The first-order chi connectivity index (χ1) is 14.1. The van der Waals surface area contributed by atoms with Gasteiger partial charge in [-0.2, -0.15) is 0 Å². The van der Waals surface area contributed by atoms with Crippen LogP contribution in [0.25, 0.3) is 11.1 Å². The number of aromatic nitrogens is 1. The maximum atomic E-state index is 13.9. The van der Waals surface area contributed by atoms with Gasteiger partial charge in [0.1, 0.15) is 5.75 Å². The quantitative estimate of drug-likeness (QED) is 0.718. The summed E-state index contributed by atoms with van der Waals surface area (Å²) in [5.41, 5.74) is 1.48. The van der Waals surface area contributed by atoms with Crippen LogP contribution in [0.1, 0.15) is 26.2 Å². The van der Waals surface area contributed by atoms with E-state index in [0.717, 1.165) is 11.1 Å². The molecule has 0 radical (unpaired) electrons. The molecule has 164 valence electrons. The van der Waals surface area contributed by atoms with E-state index in [1.807, 2.05) is 6.07 Å². The zero-order valence-corrected chi connectivity index (χ0v) is 17.8. The Bertz CT molecular complexity index is 1040. The van der Waals surface area contributed by atoms with Crippen LogP contribution >= 0.6 is 0 Å². The molecule has 9 heteroatoms. The normalized spacial score (nSPS) is 21.3. The average Bonchev–Trinajstić information content (AvgIpc) is 2.70.